The van der Waals surface area contributed by atoms with Crippen LogP contribution in [0.1, 0.15) is 12.8 Å². The van der Waals surface area contributed by atoms with Crippen LogP contribution in [0.15, 0.2) is 0 Å². The van der Waals surface area contributed by atoms with Crippen LogP contribution in [-0.4, -0.2) is 42.2 Å². The summed E-state index contributed by atoms with van der Waals surface area (Å²) in [6, 6.07) is 0. The molecule has 0 saturated carbocycles. The van der Waals surface area contributed by atoms with Gasteiger partial charge in [-0.3, -0.25) is 0 Å². The van der Waals surface area contributed by atoms with Gasteiger partial charge in [0.1, 0.15) is 0 Å². The van der Waals surface area contributed by atoms with Gasteiger partial charge in [-0.2, -0.15) is 11.8 Å². The molecule has 2 aliphatic rings. The Labute approximate surface area is 83.9 Å². The van der Waals surface area contributed by atoms with Crippen LogP contribution in [0.3, 0.4) is 0 Å². The van der Waals surface area contributed by atoms with Crippen LogP contribution in [0.4, 0.5) is 0 Å². The van der Waals surface area contributed by atoms with Crippen molar-refractivity contribution in [3.63, 3.8) is 0 Å². The quantitative estimate of drug-likeness (QED) is 0.456. The molecule has 66 valence electrons. The fourth-order valence-electron chi connectivity index (χ4n) is 2.18. The van der Waals surface area contributed by atoms with Gasteiger partial charge in [-0.25, -0.2) is 0 Å². The van der Waals surface area contributed by atoms with Crippen LogP contribution in [0.2, 0.25) is 0 Å². The monoisotopic (exact) mass is 237 g/mol. The molecule has 0 aromatic rings. The average molecular weight is 238 g/mol. The minimum absolute atomic E-state index is 0. The Morgan fingerprint density at radius 2 is 1.36 bits per heavy atom. The summed E-state index contributed by atoms with van der Waals surface area (Å²) in [5.74, 6) is 2.83. The zero-order valence-electron chi connectivity index (χ0n) is 6.89. The van der Waals surface area contributed by atoms with Crippen molar-refractivity contribution in [1.29, 1.82) is 0 Å². The predicted molar refractivity (Wildman–Crippen MR) is 46.3 cm³/mol. The van der Waals surface area contributed by atoms with Crippen LogP contribution >= 0.6 is 11.8 Å². The molecule has 1 nitrogen and oxygen atoms in total. The zero-order chi connectivity index (χ0) is 6.86. The number of rotatable bonds is 0. The molecule has 2 aliphatic heterocycles. The van der Waals surface area contributed by atoms with Crippen LogP contribution in [0.25, 0.3) is 0 Å². The average Bonchev–Trinajstić information content (AvgIpc) is 2.39. The number of nitrogens with zero attached hydrogens (tertiary/aromatic N) is 1. The van der Waals surface area contributed by atoms with Crippen molar-refractivity contribution in [2.45, 2.75) is 12.8 Å². The smallest absolute Gasteiger partial charge is 0.0878 e. The maximum atomic E-state index is 2.14. The largest absolute Gasteiger partial charge is 1.00 e. The highest BCUT2D eigenvalue weighted by Gasteiger charge is 2.32. The third-order valence-electron chi connectivity index (χ3n) is 2.93. The van der Waals surface area contributed by atoms with Crippen molar-refractivity contribution >= 4 is 11.8 Å². The number of hydrogen-bond acceptors (Lipinski definition) is 1. The van der Waals surface area contributed by atoms with Gasteiger partial charge in [0.15, 0.2) is 0 Å². The maximum Gasteiger partial charge on any atom is 0.0878 e. The highest BCUT2D eigenvalue weighted by atomic mass is 79.9. The van der Waals surface area contributed by atoms with E-state index < -0.39 is 0 Å². The third-order valence-corrected chi connectivity index (χ3v) is 3.88. The topological polar surface area (TPSA) is 0 Å². The summed E-state index contributed by atoms with van der Waals surface area (Å²) in [4.78, 5) is 0. The second-order valence-electron chi connectivity index (χ2n) is 3.56. The first kappa shape index (κ1) is 9.87. The first-order valence-corrected chi connectivity index (χ1v) is 5.50. The van der Waals surface area contributed by atoms with Crippen LogP contribution in [0, 0.1) is 0 Å². The van der Waals surface area contributed by atoms with Gasteiger partial charge in [0.25, 0.3) is 0 Å². The van der Waals surface area contributed by atoms with Crippen molar-refractivity contribution in [3.8, 4) is 0 Å². The van der Waals surface area contributed by atoms with Crippen molar-refractivity contribution in [2.75, 3.05) is 37.7 Å². The number of thioether (sulfide) groups is 1. The molecule has 1 spiro atoms. The Hall–Kier alpha value is 0.790. The Balaban J connectivity index is 0.000000605. The van der Waals surface area contributed by atoms with Gasteiger partial charge >= 0.3 is 0 Å². The Morgan fingerprint density at radius 3 is 1.91 bits per heavy atom. The lowest BCUT2D eigenvalue weighted by molar-refractivity contribution is -0.913. The van der Waals surface area contributed by atoms with E-state index in [0.717, 1.165) is 0 Å². The van der Waals surface area contributed by atoms with Gasteiger partial charge in [-0.1, -0.05) is 0 Å². The first-order chi connectivity index (χ1) is 4.91. The second kappa shape index (κ2) is 4.15. The van der Waals surface area contributed by atoms with Gasteiger partial charge in [0, 0.05) is 24.3 Å². The van der Waals surface area contributed by atoms with Crippen molar-refractivity contribution in [1.82, 2.24) is 0 Å². The molecule has 0 N–H and O–H groups in total. The molecular formula is C8H16BrNS. The molecule has 0 radical (unpaired) electrons. The van der Waals surface area contributed by atoms with Crippen molar-refractivity contribution in [3.05, 3.63) is 0 Å². The molecule has 0 unspecified atom stereocenters. The fraction of sp³-hybridized carbons (Fsp3) is 1.00. The van der Waals surface area contributed by atoms with Crippen LogP contribution < -0.4 is 17.0 Å². The van der Waals surface area contributed by atoms with E-state index in [4.69, 9.17) is 0 Å². The van der Waals surface area contributed by atoms with Gasteiger partial charge in [-0.05, 0) is 0 Å². The molecule has 2 fully saturated rings. The van der Waals surface area contributed by atoms with Gasteiger partial charge in [0.2, 0.25) is 0 Å². The lowest BCUT2D eigenvalue weighted by Crippen LogP contribution is -3.00. The standard InChI is InChI=1S/C8H16NS.BrH/c1-2-4-9(3-1)5-7-10-8-6-9;/h1-8H2;1H/q+1;/p-1. The molecule has 2 saturated heterocycles. The van der Waals surface area contributed by atoms with Crippen molar-refractivity contribution in [2.24, 2.45) is 0 Å². The van der Waals surface area contributed by atoms with Crippen LogP contribution in [-0.2, 0) is 0 Å². The fourth-order valence-corrected chi connectivity index (χ4v) is 3.42. The van der Waals surface area contributed by atoms with E-state index in [2.05, 4.69) is 11.8 Å². The predicted octanol–water partition coefficient (Wildman–Crippen LogP) is -1.65. The molecular weight excluding hydrogens is 222 g/mol. The highest BCUT2D eigenvalue weighted by Crippen LogP contribution is 2.24. The van der Waals surface area contributed by atoms with E-state index in [-0.39, 0.29) is 17.0 Å². The number of quaternary nitrogens is 1. The maximum absolute atomic E-state index is 2.14. The van der Waals surface area contributed by atoms with E-state index >= 15 is 0 Å². The van der Waals surface area contributed by atoms with Gasteiger partial charge in [0.05, 0.1) is 26.2 Å². The van der Waals surface area contributed by atoms with E-state index in [1.807, 2.05) is 0 Å². The van der Waals surface area contributed by atoms with Crippen molar-refractivity contribution < 1.29 is 21.5 Å². The van der Waals surface area contributed by atoms with E-state index in [1.165, 1.54) is 55.0 Å². The summed E-state index contributed by atoms with van der Waals surface area (Å²) in [5, 5.41) is 0. The number of halogens is 1. The molecule has 2 heterocycles. The van der Waals surface area contributed by atoms with E-state index in [1.54, 1.807) is 0 Å². The lowest BCUT2D eigenvalue weighted by atomic mass is 10.4. The van der Waals surface area contributed by atoms with Gasteiger partial charge < -0.3 is 21.5 Å². The Morgan fingerprint density at radius 1 is 0.818 bits per heavy atom. The summed E-state index contributed by atoms with van der Waals surface area (Å²) < 4.78 is 1.48. The summed E-state index contributed by atoms with van der Waals surface area (Å²) >= 11 is 2.14. The molecule has 2 rings (SSSR count). The zero-order valence-corrected chi connectivity index (χ0v) is 9.29. The first-order valence-electron chi connectivity index (χ1n) is 4.34. The minimum atomic E-state index is 0. The lowest BCUT2D eigenvalue weighted by Gasteiger charge is -2.37. The molecule has 0 aromatic carbocycles. The van der Waals surface area contributed by atoms with Crippen LogP contribution in [0.5, 0.6) is 0 Å². The normalized spacial score (nSPS) is 28.4. The Kier molecular flexibility index (Phi) is 3.72. The summed E-state index contributed by atoms with van der Waals surface area (Å²) in [6.45, 7) is 5.90. The number of hydrogen-bond donors (Lipinski definition) is 0. The summed E-state index contributed by atoms with van der Waals surface area (Å²) in [5.41, 5.74) is 0. The molecule has 0 aliphatic carbocycles. The third kappa shape index (κ3) is 2.13. The molecule has 11 heavy (non-hydrogen) atoms. The minimum Gasteiger partial charge on any atom is -1.00 e. The highest BCUT2D eigenvalue weighted by molar-refractivity contribution is 7.99. The summed E-state index contributed by atoms with van der Waals surface area (Å²) in [7, 11) is 0. The Bertz CT molecular complexity index is 115. The molecule has 3 heteroatoms. The molecule has 0 atom stereocenters. The van der Waals surface area contributed by atoms with E-state index in [9.17, 15) is 0 Å². The SMILES string of the molecule is C1CC[N+]2(C1)CCSCC2.[Br-]. The molecule has 0 bridgehead atoms. The molecule has 0 amide bonds. The van der Waals surface area contributed by atoms with E-state index in [0.29, 0.717) is 0 Å². The van der Waals surface area contributed by atoms with Gasteiger partial charge in [-0.15, -0.1) is 0 Å². The summed E-state index contributed by atoms with van der Waals surface area (Å²) in [6.07, 6.45) is 2.98. The second-order valence-corrected chi connectivity index (χ2v) is 4.78. The molecule has 0 aromatic heterocycles.